The molecule has 1 aromatic rings. The number of halogens is 1. The highest BCUT2D eigenvalue weighted by Crippen LogP contribution is 2.44. The minimum atomic E-state index is -0.553. The summed E-state index contributed by atoms with van der Waals surface area (Å²) in [6, 6.07) is 7.30. The number of hydrogen-bond acceptors (Lipinski definition) is 2. The van der Waals surface area contributed by atoms with Gasteiger partial charge in [-0.3, -0.25) is 9.59 Å². The van der Waals surface area contributed by atoms with Crippen LogP contribution in [-0.4, -0.2) is 28.8 Å². The van der Waals surface area contributed by atoms with E-state index in [1.807, 2.05) is 29.2 Å². The molecule has 0 aromatic heterocycles. The zero-order valence-corrected chi connectivity index (χ0v) is 15.9. The summed E-state index contributed by atoms with van der Waals surface area (Å²) < 4.78 is 0. The van der Waals surface area contributed by atoms with Gasteiger partial charge in [0.2, 0.25) is 11.8 Å². The van der Waals surface area contributed by atoms with Crippen molar-refractivity contribution < 1.29 is 9.59 Å². The average molecular weight is 375 g/mol. The van der Waals surface area contributed by atoms with Crippen molar-refractivity contribution in [1.82, 2.24) is 10.2 Å². The van der Waals surface area contributed by atoms with Gasteiger partial charge in [-0.05, 0) is 43.4 Å². The van der Waals surface area contributed by atoms with Gasteiger partial charge in [0.15, 0.2) is 0 Å². The van der Waals surface area contributed by atoms with E-state index in [2.05, 4.69) is 5.32 Å². The summed E-state index contributed by atoms with van der Waals surface area (Å²) >= 11 is 6.19. The summed E-state index contributed by atoms with van der Waals surface area (Å²) in [5.41, 5.74) is 0.822. The lowest BCUT2D eigenvalue weighted by Crippen LogP contribution is -2.65. The molecule has 0 bridgehead atoms. The van der Waals surface area contributed by atoms with Crippen LogP contribution in [0.15, 0.2) is 24.3 Å². The lowest BCUT2D eigenvalue weighted by atomic mass is 9.74. The highest BCUT2D eigenvalue weighted by atomic mass is 35.5. The van der Waals surface area contributed by atoms with Crippen LogP contribution in [0.4, 0.5) is 0 Å². The summed E-state index contributed by atoms with van der Waals surface area (Å²) in [6.45, 7) is 0. The van der Waals surface area contributed by atoms with Crippen molar-refractivity contribution in [2.75, 3.05) is 0 Å². The van der Waals surface area contributed by atoms with Crippen molar-refractivity contribution in [1.29, 1.82) is 0 Å². The molecule has 26 heavy (non-hydrogen) atoms. The Morgan fingerprint density at radius 2 is 1.81 bits per heavy atom. The number of amides is 2. The Kier molecular flexibility index (Phi) is 5.21. The van der Waals surface area contributed by atoms with Gasteiger partial charge in [-0.1, -0.05) is 55.8 Å². The molecule has 1 aromatic carbocycles. The van der Waals surface area contributed by atoms with Gasteiger partial charge in [0.1, 0.15) is 6.04 Å². The zero-order chi connectivity index (χ0) is 18.1. The summed E-state index contributed by atoms with van der Waals surface area (Å²) in [5.74, 6) is 0.211. The number of β-lactam (4-membered cyclic amide) rings is 1. The van der Waals surface area contributed by atoms with E-state index in [0.717, 1.165) is 44.1 Å². The standard InChI is InChI=1S/C21H27ClN2O2/c22-15-8-6-7-14(13-15)19(20(25)23-16-9-2-1-3-10-16)24-18-12-5-4-11-17(18)21(24)26/h6-8,13,16-19H,1-5,9-12H2,(H,23,25)/t17-,18+,19?/m1/s1. The fourth-order valence-electron chi connectivity index (χ4n) is 4.97. The van der Waals surface area contributed by atoms with E-state index in [-0.39, 0.29) is 29.8 Å². The van der Waals surface area contributed by atoms with E-state index in [9.17, 15) is 9.59 Å². The Hall–Kier alpha value is -1.55. The maximum Gasteiger partial charge on any atom is 0.247 e. The zero-order valence-electron chi connectivity index (χ0n) is 15.1. The van der Waals surface area contributed by atoms with Crippen molar-refractivity contribution >= 4 is 23.4 Å². The molecule has 3 aliphatic rings. The number of carbonyl (C=O) groups is 2. The number of rotatable bonds is 4. The number of carbonyl (C=O) groups excluding carboxylic acids is 2. The molecule has 1 heterocycles. The molecule has 3 fully saturated rings. The molecule has 0 radical (unpaired) electrons. The minimum Gasteiger partial charge on any atom is -0.351 e. The molecule has 140 valence electrons. The van der Waals surface area contributed by atoms with Gasteiger partial charge < -0.3 is 10.2 Å². The average Bonchev–Trinajstić information content (AvgIpc) is 2.66. The van der Waals surface area contributed by atoms with Gasteiger partial charge in [-0.2, -0.15) is 0 Å². The maximum atomic E-state index is 13.2. The van der Waals surface area contributed by atoms with Crippen LogP contribution in [0.2, 0.25) is 5.02 Å². The van der Waals surface area contributed by atoms with Gasteiger partial charge in [0.25, 0.3) is 0 Å². The van der Waals surface area contributed by atoms with E-state index in [4.69, 9.17) is 11.6 Å². The molecule has 1 unspecified atom stereocenters. The molecular weight excluding hydrogens is 348 g/mol. The van der Waals surface area contributed by atoms with Gasteiger partial charge >= 0.3 is 0 Å². The summed E-state index contributed by atoms with van der Waals surface area (Å²) in [5, 5.41) is 3.83. The Morgan fingerprint density at radius 3 is 2.58 bits per heavy atom. The van der Waals surface area contributed by atoms with Crippen molar-refractivity contribution in [2.24, 2.45) is 5.92 Å². The second kappa shape index (κ2) is 7.59. The number of benzene rings is 1. The lowest BCUT2D eigenvalue weighted by molar-refractivity contribution is -0.168. The number of fused-ring (bicyclic) bond motifs is 1. The first-order valence-corrected chi connectivity index (χ1v) is 10.4. The normalized spacial score (nSPS) is 27.4. The van der Waals surface area contributed by atoms with Crippen LogP contribution < -0.4 is 5.32 Å². The largest absolute Gasteiger partial charge is 0.351 e. The number of nitrogens with one attached hydrogen (secondary N) is 1. The van der Waals surface area contributed by atoms with Gasteiger partial charge in [-0.15, -0.1) is 0 Å². The second-order valence-corrected chi connectivity index (χ2v) is 8.44. The van der Waals surface area contributed by atoms with E-state index < -0.39 is 6.04 Å². The molecule has 2 aliphatic carbocycles. The molecular formula is C21H27ClN2O2. The highest BCUT2D eigenvalue weighted by molar-refractivity contribution is 6.30. The first-order valence-electron chi connectivity index (χ1n) is 10.0. The SMILES string of the molecule is O=C(NC1CCCCC1)C(c1cccc(Cl)c1)N1C(=O)[C@@H]2CCCC[C@@H]21. The Morgan fingerprint density at radius 1 is 1.08 bits per heavy atom. The third-order valence-electron chi connectivity index (χ3n) is 6.30. The minimum absolute atomic E-state index is 0.0449. The number of hydrogen-bond donors (Lipinski definition) is 1. The topological polar surface area (TPSA) is 49.4 Å². The summed E-state index contributed by atoms with van der Waals surface area (Å²) in [4.78, 5) is 27.9. The lowest BCUT2D eigenvalue weighted by Gasteiger charge is -2.53. The van der Waals surface area contributed by atoms with Gasteiger partial charge in [-0.25, -0.2) is 0 Å². The molecule has 3 atom stereocenters. The van der Waals surface area contributed by atoms with Crippen LogP contribution in [-0.2, 0) is 9.59 Å². The third-order valence-corrected chi connectivity index (χ3v) is 6.54. The van der Waals surface area contributed by atoms with Gasteiger partial charge in [0, 0.05) is 17.1 Å². The molecule has 0 spiro atoms. The van der Waals surface area contributed by atoms with Crippen molar-refractivity contribution in [2.45, 2.75) is 75.9 Å². The summed E-state index contributed by atoms with van der Waals surface area (Å²) in [6.07, 6.45) is 9.88. The number of nitrogens with zero attached hydrogens (tertiary/aromatic N) is 1. The van der Waals surface area contributed by atoms with E-state index in [1.165, 1.54) is 19.3 Å². The van der Waals surface area contributed by atoms with Gasteiger partial charge in [0.05, 0.1) is 5.92 Å². The third kappa shape index (κ3) is 3.36. The number of likely N-dealkylation sites (tertiary alicyclic amines) is 1. The van der Waals surface area contributed by atoms with Crippen molar-refractivity contribution in [3.63, 3.8) is 0 Å². The van der Waals surface area contributed by atoms with Crippen molar-refractivity contribution in [3.8, 4) is 0 Å². The molecule has 2 amide bonds. The van der Waals surface area contributed by atoms with Crippen LogP contribution in [0.1, 0.15) is 69.4 Å². The molecule has 4 nitrogen and oxygen atoms in total. The van der Waals surface area contributed by atoms with Crippen LogP contribution in [0.3, 0.4) is 0 Å². The Bertz CT molecular complexity index is 686. The maximum absolute atomic E-state index is 13.2. The molecule has 1 N–H and O–H groups in total. The fourth-order valence-corrected chi connectivity index (χ4v) is 5.16. The molecule has 4 rings (SSSR count). The molecule has 1 saturated heterocycles. The van der Waals surface area contributed by atoms with Crippen LogP contribution in [0.25, 0.3) is 0 Å². The summed E-state index contributed by atoms with van der Waals surface area (Å²) in [7, 11) is 0. The van der Waals surface area contributed by atoms with E-state index in [0.29, 0.717) is 5.02 Å². The molecule has 1 aliphatic heterocycles. The predicted molar refractivity (Wildman–Crippen MR) is 102 cm³/mol. The predicted octanol–water partition coefficient (Wildman–Crippen LogP) is 4.23. The quantitative estimate of drug-likeness (QED) is 0.801. The smallest absolute Gasteiger partial charge is 0.247 e. The molecule has 5 heteroatoms. The van der Waals surface area contributed by atoms with Crippen LogP contribution in [0, 0.1) is 5.92 Å². The molecule has 2 saturated carbocycles. The monoisotopic (exact) mass is 374 g/mol. The first-order chi connectivity index (χ1) is 12.6. The first kappa shape index (κ1) is 17.8. The van der Waals surface area contributed by atoms with Crippen LogP contribution >= 0.6 is 11.6 Å². The Balaban J connectivity index is 1.59. The fraction of sp³-hybridized carbons (Fsp3) is 0.619. The van der Waals surface area contributed by atoms with Crippen LogP contribution in [0.5, 0.6) is 0 Å². The van der Waals surface area contributed by atoms with E-state index >= 15 is 0 Å². The van der Waals surface area contributed by atoms with E-state index in [1.54, 1.807) is 0 Å². The van der Waals surface area contributed by atoms with Crippen molar-refractivity contribution in [3.05, 3.63) is 34.9 Å². The second-order valence-electron chi connectivity index (χ2n) is 8.00. The Labute approximate surface area is 160 Å². The highest BCUT2D eigenvalue weighted by Gasteiger charge is 2.52.